The Kier molecular flexibility index (Phi) is 7.90. The summed E-state index contributed by atoms with van der Waals surface area (Å²) in [6, 6.07) is 9.95. The minimum absolute atomic E-state index is 0.225. The summed E-state index contributed by atoms with van der Waals surface area (Å²) in [7, 11) is 0. The average molecular weight is 465 g/mol. The zero-order valence-electron chi connectivity index (χ0n) is 16.4. The summed E-state index contributed by atoms with van der Waals surface area (Å²) in [5.41, 5.74) is 1.54. The number of carbonyl (C=O) groups excluding carboxylic acids is 2. The van der Waals surface area contributed by atoms with Crippen molar-refractivity contribution in [2.24, 2.45) is 0 Å². The number of rotatable bonds is 8. The van der Waals surface area contributed by atoms with Gasteiger partial charge in [0.1, 0.15) is 0 Å². The number of benzene rings is 2. The van der Waals surface area contributed by atoms with E-state index in [-0.39, 0.29) is 21.6 Å². The first-order valence-electron chi connectivity index (χ1n) is 9.68. The zero-order valence-corrected chi connectivity index (χ0v) is 18.8. The van der Waals surface area contributed by atoms with E-state index in [0.29, 0.717) is 17.4 Å². The van der Waals surface area contributed by atoms with Crippen molar-refractivity contribution < 1.29 is 9.59 Å². The van der Waals surface area contributed by atoms with Gasteiger partial charge in [-0.05, 0) is 36.8 Å². The van der Waals surface area contributed by atoms with Gasteiger partial charge < -0.3 is 10.6 Å². The Morgan fingerprint density at radius 1 is 1.03 bits per heavy atom. The van der Waals surface area contributed by atoms with Gasteiger partial charge in [-0.2, -0.15) is 0 Å². The van der Waals surface area contributed by atoms with Crippen molar-refractivity contribution in [2.45, 2.75) is 32.6 Å². The summed E-state index contributed by atoms with van der Waals surface area (Å²) in [4.78, 5) is 29.0. The lowest BCUT2D eigenvalue weighted by Crippen LogP contribution is -2.29. The molecule has 1 heterocycles. The highest BCUT2D eigenvalue weighted by molar-refractivity contribution is 7.22. The average Bonchev–Trinajstić information content (AvgIpc) is 3.09. The fourth-order valence-corrected chi connectivity index (χ4v) is 4.33. The number of halogens is 2. The van der Waals surface area contributed by atoms with Crippen LogP contribution in [0.15, 0.2) is 36.4 Å². The van der Waals surface area contributed by atoms with Crippen LogP contribution in [0.5, 0.6) is 0 Å². The molecule has 6 nitrogen and oxygen atoms in total. The standard InChI is InChI=1S/C21H22Cl2N4O2S/c1-2-3-4-5-11-24-20(29)27-21-26-16-10-9-13(12-17(16)30-21)25-19(28)18-14(22)7-6-8-15(18)23/h6-10,12H,2-5,11H2,1H3,(H,25,28)(H2,24,26,27,29). The molecule has 0 saturated heterocycles. The summed E-state index contributed by atoms with van der Waals surface area (Å²) >= 11 is 13.5. The van der Waals surface area contributed by atoms with Crippen molar-refractivity contribution in [1.82, 2.24) is 10.3 Å². The maximum atomic E-state index is 12.6. The molecule has 0 aliphatic heterocycles. The van der Waals surface area contributed by atoms with E-state index in [1.165, 1.54) is 17.8 Å². The van der Waals surface area contributed by atoms with E-state index in [1.54, 1.807) is 36.4 Å². The van der Waals surface area contributed by atoms with Gasteiger partial charge in [0.25, 0.3) is 5.91 Å². The van der Waals surface area contributed by atoms with Crippen LogP contribution in [0.3, 0.4) is 0 Å². The number of aromatic nitrogens is 1. The number of fused-ring (bicyclic) bond motifs is 1. The smallest absolute Gasteiger partial charge is 0.321 e. The van der Waals surface area contributed by atoms with Crippen LogP contribution in [0.25, 0.3) is 10.2 Å². The molecule has 9 heteroatoms. The van der Waals surface area contributed by atoms with Gasteiger partial charge in [0, 0.05) is 12.2 Å². The maximum Gasteiger partial charge on any atom is 0.321 e. The van der Waals surface area contributed by atoms with Crippen molar-refractivity contribution in [2.75, 3.05) is 17.2 Å². The second kappa shape index (κ2) is 10.6. The Labute approximate surface area is 189 Å². The van der Waals surface area contributed by atoms with Crippen LogP contribution in [0.1, 0.15) is 43.0 Å². The Hall–Kier alpha value is -2.35. The summed E-state index contributed by atoms with van der Waals surface area (Å²) in [5.74, 6) is -0.393. The Bertz CT molecular complexity index is 1030. The summed E-state index contributed by atoms with van der Waals surface area (Å²) in [5, 5.41) is 9.45. The van der Waals surface area contributed by atoms with Gasteiger partial charge >= 0.3 is 6.03 Å². The molecule has 0 radical (unpaired) electrons. The number of anilines is 2. The first-order valence-corrected chi connectivity index (χ1v) is 11.3. The molecular weight excluding hydrogens is 443 g/mol. The van der Waals surface area contributed by atoms with Gasteiger partial charge in [-0.1, -0.05) is 66.8 Å². The van der Waals surface area contributed by atoms with E-state index in [9.17, 15) is 9.59 Å². The highest BCUT2D eigenvalue weighted by Crippen LogP contribution is 2.30. The van der Waals surface area contributed by atoms with E-state index < -0.39 is 5.91 Å². The molecule has 2 aromatic carbocycles. The lowest BCUT2D eigenvalue weighted by molar-refractivity contribution is 0.102. The molecular formula is C21H22Cl2N4O2S. The lowest BCUT2D eigenvalue weighted by atomic mass is 10.2. The Morgan fingerprint density at radius 2 is 1.80 bits per heavy atom. The molecule has 0 aliphatic rings. The first kappa shape index (κ1) is 22.3. The fourth-order valence-electron chi connectivity index (χ4n) is 2.86. The highest BCUT2D eigenvalue weighted by Gasteiger charge is 2.15. The van der Waals surface area contributed by atoms with Crippen molar-refractivity contribution >= 4 is 67.5 Å². The number of unbranched alkanes of at least 4 members (excludes halogenated alkanes) is 3. The van der Waals surface area contributed by atoms with Crippen LogP contribution in [-0.4, -0.2) is 23.5 Å². The third-order valence-electron chi connectivity index (χ3n) is 4.37. The second-order valence-electron chi connectivity index (χ2n) is 6.69. The number of urea groups is 1. The minimum atomic E-state index is -0.393. The van der Waals surface area contributed by atoms with E-state index >= 15 is 0 Å². The predicted octanol–water partition coefficient (Wildman–Crippen LogP) is 6.56. The van der Waals surface area contributed by atoms with Crippen molar-refractivity contribution in [3.8, 4) is 0 Å². The third kappa shape index (κ3) is 5.84. The minimum Gasteiger partial charge on any atom is -0.338 e. The van der Waals surface area contributed by atoms with Crippen LogP contribution in [0, 0.1) is 0 Å². The molecule has 0 fully saturated rings. The first-order chi connectivity index (χ1) is 14.5. The van der Waals surface area contributed by atoms with Gasteiger partial charge in [0.15, 0.2) is 5.13 Å². The molecule has 3 N–H and O–H groups in total. The third-order valence-corrected chi connectivity index (χ3v) is 5.94. The topological polar surface area (TPSA) is 83.1 Å². The number of nitrogens with zero attached hydrogens (tertiary/aromatic N) is 1. The van der Waals surface area contributed by atoms with Gasteiger partial charge in [0.2, 0.25) is 0 Å². The Balaban J connectivity index is 1.63. The zero-order chi connectivity index (χ0) is 21.5. The lowest BCUT2D eigenvalue weighted by Gasteiger charge is -2.08. The number of amides is 3. The molecule has 0 saturated carbocycles. The molecule has 0 bridgehead atoms. The molecule has 158 valence electrons. The van der Waals surface area contributed by atoms with E-state index in [2.05, 4.69) is 27.9 Å². The van der Waals surface area contributed by atoms with E-state index in [1.807, 2.05) is 0 Å². The van der Waals surface area contributed by atoms with E-state index in [4.69, 9.17) is 23.2 Å². The molecule has 0 spiro atoms. The van der Waals surface area contributed by atoms with E-state index in [0.717, 1.165) is 29.5 Å². The van der Waals surface area contributed by atoms with Crippen LogP contribution in [-0.2, 0) is 0 Å². The van der Waals surface area contributed by atoms with Gasteiger partial charge in [-0.3, -0.25) is 10.1 Å². The van der Waals surface area contributed by atoms with Gasteiger partial charge in [0.05, 0.1) is 25.8 Å². The molecule has 0 aliphatic carbocycles. The summed E-state index contributed by atoms with van der Waals surface area (Å²) in [6.45, 7) is 2.79. The van der Waals surface area contributed by atoms with Gasteiger partial charge in [-0.15, -0.1) is 0 Å². The summed E-state index contributed by atoms with van der Waals surface area (Å²) in [6.07, 6.45) is 4.39. The molecule has 30 heavy (non-hydrogen) atoms. The van der Waals surface area contributed by atoms with Crippen molar-refractivity contribution in [1.29, 1.82) is 0 Å². The molecule has 3 amide bonds. The second-order valence-corrected chi connectivity index (χ2v) is 8.54. The molecule has 3 rings (SSSR count). The number of thiazole rings is 1. The largest absolute Gasteiger partial charge is 0.338 e. The number of hydrogen-bond acceptors (Lipinski definition) is 4. The van der Waals surface area contributed by atoms with Crippen LogP contribution in [0.2, 0.25) is 10.0 Å². The maximum absolute atomic E-state index is 12.6. The predicted molar refractivity (Wildman–Crippen MR) is 125 cm³/mol. The SMILES string of the molecule is CCCCCCNC(=O)Nc1nc2ccc(NC(=O)c3c(Cl)cccc3Cl)cc2s1. The normalized spacial score (nSPS) is 10.8. The fraction of sp³-hybridized carbons (Fsp3) is 0.286. The molecule has 0 unspecified atom stereocenters. The van der Waals surface area contributed by atoms with Crippen LogP contribution in [0.4, 0.5) is 15.6 Å². The van der Waals surface area contributed by atoms with Crippen LogP contribution < -0.4 is 16.0 Å². The number of nitrogens with one attached hydrogen (secondary N) is 3. The van der Waals surface area contributed by atoms with Crippen molar-refractivity contribution in [3.63, 3.8) is 0 Å². The molecule has 0 atom stereocenters. The quantitative estimate of drug-likeness (QED) is 0.330. The monoisotopic (exact) mass is 464 g/mol. The molecule has 1 aromatic heterocycles. The summed E-state index contributed by atoms with van der Waals surface area (Å²) < 4.78 is 0.830. The van der Waals surface area contributed by atoms with Crippen molar-refractivity contribution in [3.05, 3.63) is 52.0 Å². The number of hydrogen-bond donors (Lipinski definition) is 3. The van der Waals surface area contributed by atoms with Crippen LogP contribution >= 0.6 is 34.5 Å². The van der Waals surface area contributed by atoms with Gasteiger partial charge in [-0.25, -0.2) is 9.78 Å². The highest BCUT2D eigenvalue weighted by atomic mass is 35.5. The molecule has 3 aromatic rings. The Morgan fingerprint density at radius 3 is 2.53 bits per heavy atom. The number of carbonyl (C=O) groups is 2.